The number of thioether (sulfide) groups is 1. The second-order valence-electron chi connectivity index (χ2n) is 6.20. The van der Waals surface area contributed by atoms with Crippen molar-refractivity contribution in [3.63, 3.8) is 0 Å². The summed E-state index contributed by atoms with van der Waals surface area (Å²) in [6, 6.07) is 5.67. The van der Waals surface area contributed by atoms with Crippen molar-refractivity contribution >= 4 is 17.7 Å². The topological polar surface area (TPSA) is 77.7 Å². The van der Waals surface area contributed by atoms with Crippen LogP contribution in [0.3, 0.4) is 0 Å². The first-order chi connectivity index (χ1) is 12.6. The summed E-state index contributed by atoms with van der Waals surface area (Å²) in [6.45, 7) is 2.93. The molecule has 1 atom stereocenters. The summed E-state index contributed by atoms with van der Waals surface area (Å²) in [4.78, 5) is 14.4. The molecule has 1 aromatic carbocycles. The normalized spacial score (nSPS) is 17.2. The smallest absolute Gasteiger partial charge is 0.277 e. The van der Waals surface area contributed by atoms with Gasteiger partial charge in [0.15, 0.2) is 0 Å². The summed E-state index contributed by atoms with van der Waals surface area (Å²) in [5, 5.41) is 8.48. The van der Waals surface area contributed by atoms with E-state index >= 15 is 0 Å². The molecule has 0 radical (unpaired) electrons. The molecule has 140 valence electrons. The Balaban J connectivity index is 1.65. The third-order valence-corrected chi connectivity index (χ3v) is 5.25. The summed E-state index contributed by atoms with van der Waals surface area (Å²) >= 11 is 1.27. The van der Waals surface area contributed by atoms with E-state index in [-0.39, 0.29) is 5.91 Å². The number of piperidine rings is 1. The number of benzene rings is 1. The van der Waals surface area contributed by atoms with Crippen LogP contribution in [0.2, 0.25) is 0 Å². The molecule has 0 unspecified atom stereocenters. The maximum atomic E-state index is 12.4. The molecular formula is C18H23N3O4S. The highest BCUT2D eigenvalue weighted by atomic mass is 32.2. The van der Waals surface area contributed by atoms with Gasteiger partial charge in [-0.1, -0.05) is 11.8 Å². The Morgan fingerprint density at radius 2 is 1.96 bits per heavy atom. The third kappa shape index (κ3) is 4.30. The summed E-state index contributed by atoms with van der Waals surface area (Å²) in [7, 11) is 3.17. The highest BCUT2D eigenvalue weighted by Crippen LogP contribution is 2.30. The van der Waals surface area contributed by atoms with Crippen molar-refractivity contribution in [1.29, 1.82) is 0 Å². The number of methoxy groups -OCH3 is 2. The molecule has 1 aliphatic heterocycles. The molecule has 0 saturated carbocycles. The first kappa shape index (κ1) is 18.6. The van der Waals surface area contributed by atoms with Crippen LogP contribution in [-0.4, -0.2) is 53.6 Å². The van der Waals surface area contributed by atoms with E-state index in [1.807, 2.05) is 4.90 Å². The lowest BCUT2D eigenvalue weighted by Crippen LogP contribution is -2.42. The minimum Gasteiger partial charge on any atom is -0.497 e. The first-order valence-corrected chi connectivity index (χ1v) is 9.58. The van der Waals surface area contributed by atoms with E-state index < -0.39 is 0 Å². The zero-order chi connectivity index (χ0) is 18.5. The number of likely N-dealkylation sites (tertiary alicyclic amines) is 1. The molecule has 0 spiro atoms. The maximum absolute atomic E-state index is 12.4. The van der Waals surface area contributed by atoms with E-state index in [0.29, 0.717) is 40.0 Å². The minimum absolute atomic E-state index is 0.116. The zero-order valence-electron chi connectivity index (χ0n) is 15.2. The Hall–Kier alpha value is -2.22. The van der Waals surface area contributed by atoms with Crippen LogP contribution >= 0.6 is 11.8 Å². The lowest BCUT2D eigenvalue weighted by Gasteiger charge is -2.33. The molecule has 1 saturated heterocycles. The van der Waals surface area contributed by atoms with E-state index in [2.05, 4.69) is 17.1 Å². The van der Waals surface area contributed by atoms with Crippen molar-refractivity contribution in [3.05, 3.63) is 18.2 Å². The van der Waals surface area contributed by atoms with Crippen LogP contribution < -0.4 is 9.47 Å². The van der Waals surface area contributed by atoms with Crippen LogP contribution in [0.4, 0.5) is 0 Å². The predicted octanol–water partition coefficient (Wildman–Crippen LogP) is 3.25. The maximum Gasteiger partial charge on any atom is 0.277 e. The summed E-state index contributed by atoms with van der Waals surface area (Å²) in [6.07, 6.45) is 3.33. The molecular weight excluding hydrogens is 354 g/mol. The van der Waals surface area contributed by atoms with E-state index in [4.69, 9.17) is 13.9 Å². The average Bonchev–Trinajstić information content (AvgIpc) is 3.15. The lowest BCUT2D eigenvalue weighted by molar-refractivity contribution is -0.131. The quantitative estimate of drug-likeness (QED) is 0.715. The van der Waals surface area contributed by atoms with Crippen LogP contribution in [0.25, 0.3) is 11.5 Å². The van der Waals surface area contributed by atoms with Gasteiger partial charge in [-0.25, -0.2) is 0 Å². The van der Waals surface area contributed by atoms with Crippen molar-refractivity contribution in [2.24, 2.45) is 0 Å². The standard InChI is InChI=1S/C18H23N3O4S/c1-12-6-4-5-7-21(12)16(22)11-26-18-20-19-17(25-18)13-8-14(23-2)10-15(9-13)24-3/h8-10,12H,4-7,11H2,1-3H3/t12-/m0/s1. The summed E-state index contributed by atoms with van der Waals surface area (Å²) in [5.41, 5.74) is 0.705. The second kappa shape index (κ2) is 8.44. The number of ether oxygens (including phenoxy) is 2. The van der Waals surface area contributed by atoms with Crippen LogP contribution in [0.5, 0.6) is 11.5 Å². The number of hydrogen-bond donors (Lipinski definition) is 0. The average molecular weight is 377 g/mol. The monoisotopic (exact) mass is 377 g/mol. The Morgan fingerprint density at radius 1 is 1.23 bits per heavy atom. The molecule has 0 N–H and O–H groups in total. The molecule has 0 aliphatic carbocycles. The van der Waals surface area contributed by atoms with Gasteiger partial charge in [0, 0.05) is 24.2 Å². The van der Waals surface area contributed by atoms with Gasteiger partial charge in [0.2, 0.25) is 11.8 Å². The van der Waals surface area contributed by atoms with Gasteiger partial charge in [-0.3, -0.25) is 4.79 Å². The van der Waals surface area contributed by atoms with Gasteiger partial charge in [0.1, 0.15) is 11.5 Å². The molecule has 2 aromatic rings. The molecule has 1 aromatic heterocycles. The first-order valence-electron chi connectivity index (χ1n) is 8.60. The zero-order valence-corrected chi connectivity index (χ0v) is 16.0. The highest BCUT2D eigenvalue weighted by Gasteiger charge is 2.23. The second-order valence-corrected chi connectivity index (χ2v) is 7.12. The van der Waals surface area contributed by atoms with Gasteiger partial charge in [-0.15, -0.1) is 10.2 Å². The van der Waals surface area contributed by atoms with Crippen LogP contribution in [0.15, 0.2) is 27.8 Å². The van der Waals surface area contributed by atoms with Gasteiger partial charge < -0.3 is 18.8 Å². The van der Waals surface area contributed by atoms with Crippen molar-refractivity contribution in [2.45, 2.75) is 37.5 Å². The van der Waals surface area contributed by atoms with E-state index in [1.165, 1.54) is 18.2 Å². The number of nitrogens with zero attached hydrogens (tertiary/aromatic N) is 3. The van der Waals surface area contributed by atoms with Crippen molar-refractivity contribution < 1.29 is 18.7 Å². The predicted molar refractivity (Wildman–Crippen MR) is 98.6 cm³/mol. The van der Waals surface area contributed by atoms with Crippen molar-refractivity contribution in [3.8, 4) is 23.0 Å². The van der Waals surface area contributed by atoms with Gasteiger partial charge in [0.25, 0.3) is 5.22 Å². The van der Waals surface area contributed by atoms with Gasteiger partial charge in [-0.05, 0) is 38.3 Å². The molecule has 7 nitrogen and oxygen atoms in total. The SMILES string of the molecule is COc1cc(OC)cc(-c2nnc(SCC(=O)N3CCCC[C@@H]3C)o2)c1. The van der Waals surface area contributed by atoms with Crippen LogP contribution in [0.1, 0.15) is 26.2 Å². The largest absolute Gasteiger partial charge is 0.497 e. The van der Waals surface area contributed by atoms with E-state index in [9.17, 15) is 4.79 Å². The number of rotatable bonds is 6. The summed E-state index contributed by atoms with van der Waals surface area (Å²) in [5.74, 6) is 2.06. The Kier molecular flexibility index (Phi) is 6.03. The number of hydrogen-bond acceptors (Lipinski definition) is 7. The number of carbonyl (C=O) groups excluding carboxylic acids is 1. The third-order valence-electron chi connectivity index (χ3n) is 4.45. The number of aromatic nitrogens is 2. The lowest BCUT2D eigenvalue weighted by atomic mass is 10.0. The van der Waals surface area contributed by atoms with Gasteiger partial charge in [0.05, 0.1) is 20.0 Å². The fourth-order valence-electron chi connectivity index (χ4n) is 2.99. The fourth-order valence-corrected chi connectivity index (χ4v) is 3.64. The van der Waals surface area contributed by atoms with Crippen LogP contribution in [-0.2, 0) is 4.79 Å². The van der Waals surface area contributed by atoms with E-state index in [0.717, 1.165) is 19.4 Å². The Labute approximate surface area is 157 Å². The molecule has 2 heterocycles. The fraction of sp³-hybridized carbons (Fsp3) is 0.500. The number of amides is 1. The molecule has 26 heavy (non-hydrogen) atoms. The molecule has 1 aliphatic rings. The Morgan fingerprint density at radius 3 is 2.62 bits per heavy atom. The Bertz CT molecular complexity index is 742. The van der Waals surface area contributed by atoms with Gasteiger partial charge in [-0.2, -0.15) is 0 Å². The van der Waals surface area contributed by atoms with Gasteiger partial charge >= 0.3 is 0 Å². The molecule has 1 amide bonds. The van der Waals surface area contributed by atoms with Crippen LogP contribution in [0, 0.1) is 0 Å². The number of carbonyl (C=O) groups is 1. The molecule has 3 rings (SSSR count). The molecule has 1 fully saturated rings. The summed E-state index contributed by atoms with van der Waals surface area (Å²) < 4.78 is 16.2. The van der Waals surface area contributed by atoms with Crippen molar-refractivity contribution in [2.75, 3.05) is 26.5 Å². The molecule has 8 heteroatoms. The highest BCUT2D eigenvalue weighted by molar-refractivity contribution is 7.99. The van der Waals surface area contributed by atoms with Crippen molar-refractivity contribution in [1.82, 2.24) is 15.1 Å². The minimum atomic E-state index is 0.116. The molecule has 0 bridgehead atoms. The van der Waals surface area contributed by atoms with E-state index in [1.54, 1.807) is 32.4 Å².